The van der Waals surface area contributed by atoms with Crippen LogP contribution in [0.25, 0.3) is 6.08 Å². The second-order valence-electron chi connectivity index (χ2n) is 7.60. The maximum Gasteiger partial charge on any atom is 0.246 e. The fourth-order valence-electron chi connectivity index (χ4n) is 3.68. The number of piperidine rings is 1. The Bertz CT molecular complexity index is 1100. The Morgan fingerprint density at radius 1 is 1.26 bits per heavy atom. The molecule has 1 amide bonds. The molecule has 0 atom stereocenters. The SMILES string of the molecule is Cn1c(C2CCN(C(=O)C=Cc3ccc(OCc4cccnc4)cc3)CC2)n[nH]c1=S. The van der Waals surface area contributed by atoms with Crippen LogP contribution in [0.15, 0.2) is 54.9 Å². The van der Waals surface area contributed by atoms with Crippen molar-refractivity contribution in [2.75, 3.05) is 13.1 Å². The van der Waals surface area contributed by atoms with E-state index in [-0.39, 0.29) is 5.91 Å². The Kier molecular flexibility index (Phi) is 6.57. The molecule has 0 bridgehead atoms. The number of H-pyrrole nitrogens is 1. The molecule has 3 heterocycles. The van der Waals surface area contributed by atoms with Gasteiger partial charge in [0.25, 0.3) is 0 Å². The van der Waals surface area contributed by atoms with Gasteiger partial charge in [0.15, 0.2) is 4.77 Å². The minimum Gasteiger partial charge on any atom is -0.489 e. The molecule has 8 heteroatoms. The highest BCUT2D eigenvalue weighted by molar-refractivity contribution is 7.71. The zero-order valence-electron chi connectivity index (χ0n) is 17.4. The van der Waals surface area contributed by atoms with E-state index in [0.717, 1.165) is 35.5 Å². The zero-order chi connectivity index (χ0) is 21.6. The van der Waals surface area contributed by atoms with Crippen molar-refractivity contribution in [2.24, 2.45) is 7.05 Å². The molecule has 1 aliphatic rings. The third-order valence-corrected chi connectivity index (χ3v) is 5.88. The summed E-state index contributed by atoms with van der Waals surface area (Å²) in [5.41, 5.74) is 1.98. The first-order chi connectivity index (χ1) is 15.1. The normalized spacial score (nSPS) is 14.8. The van der Waals surface area contributed by atoms with Crippen LogP contribution in [0.1, 0.15) is 35.7 Å². The lowest BCUT2D eigenvalue weighted by atomic mass is 9.96. The average Bonchev–Trinajstić information content (AvgIpc) is 3.15. The zero-order valence-corrected chi connectivity index (χ0v) is 18.2. The van der Waals surface area contributed by atoms with Gasteiger partial charge in [0.1, 0.15) is 18.2 Å². The Hall–Kier alpha value is -3.26. The number of pyridine rings is 1. The molecule has 0 unspecified atom stereocenters. The highest BCUT2D eigenvalue weighted by Gasteiger charge is 2.25. The van der Waals surface area contributed by atoms with E-state index in [1.165, 1.54) is 0 Å². The van der Waals surface area contributed by atoms with Crippen molar-refractivity contribution < 1.29 is 9.53 Å². The predicted molar refractivity (Wildman–Crippen MR) is 121 cm³/mol. The van der Waals surface area contributed by atoms with Crippen LogP contribution in [0.3, 0.4) is 0 Å². The maximum atomic E-state index is 12.6. The summed E-state index contributed by atoms with van der Waals surface area (Å²) in [6.45, 7) is 1.91. The van der Waals surface area contributed by atoms with Crippen molar-refractivity contribution >= 4 is 24.2 Å². The summed E-state index contributed by atoms with van der Waals surface area (Å²) in [7, 11) is 1.93. The van der Waals surface area contributed by atoms with Crippen LogP contribution in [-0.4, -0.2) is 43.6 Å². The molecule has 3 aromatic rings. The van der Waals surface area contributed by atoms with Crippen molar-refractivity contribution in [1.82, 2.24) is 24.6 Å². The van der Waals surface area contributed by atoms with Crippen molar-refractivity contribution in [3.8, 4) is 5.75 Å². The van der Waals surface area contributed by atoms with Crippen LogP contribution < -0.4 is 4.74 Å². The summed E-state index contributed by atoms with van der Waals surface area (Å²) < 4.78 is 8.32. The molecule has 0 radical (unpaired) electrons. The smallest absolute Gasteiger partial charge is 0.246 e. The van der Waals surface area contributed by atoms with Crippen molar-refractivity contribution in [2.45, 2.75) is 25.4 Å². The fourth-order valence-corrected chi connectivity index (χ4v) is 3.82. The summed E-state index contributed by atoms with van der Waals surface area (Å²) in [6.07, 6.45) is 8.78. The number of amides is 1. The number of aromatic nitrogens is 4. The largest absolute Gasteiger partial charge is 0.489 e. The number of aromatic amines is 1. The van der Waals surface area contributed by atoms with Gasteiger partial charge >= 0.3 is 0 Å². The lowest BCUT2D eigenvalue weighted by molar-refractivity contribution is -0.127. The van der Waals surface area contributed by atoms with Gasteiger partial charge < -0.3 is 14.2 Å². The number of nitrogens with zero attached hydrogens (tertiary/aromatic N) is 4. The average molecular weight is 436 g/mol. The van der Waals surface area contributed by atoms with E-state index in [2.05, 4.69) is 15.2 Å². The van der Waals surface area contributed by atoms with Crippen LogP contribution in [0.4, 0.5) is 0 Å². The first-order valence-electron chi connectivity index (χ1n) is 10.3. The Labute approximate surface area is 186 Å². The predicted octanol–water partition coefficient (Wildman–Crippen LogP) is 3.87. The van der Waals surface area contributed by atoms with Crippen LogP contribution in [-0.2, 0) is 18.4 Å². The lowest BCUT2D eigenvalue weighted by Gasteiger charge is -2.30. The van der Waals surface area contributed by atoms with Gasteiger partial charge in [-0.1, -0.05) is 18.2 Å². The molecule has 0 saturated carbocycles. The minimum atomic E-state index is 0.0331. The van der Waals surface area contributed by atoms with Crippen molar-refractivity contribution in [3.05, 3.63) is 76.6 Å². The molecule has 160 valence electrons. The van der Waals surface area contributed by atoms with Crippen molar-refractivity contribution in [3.63, 3.8) is 0 Å². The van der Waals surface area contributed by atoms with Crippen LogP contribution in [0, 0.1) is 4.77 Å². The molecule has 31 heavy (non-hydrogen) atoms. The molecule has 1 aliphatic heterocycles. The number of likely N-dealkylation sites (tertiary alicyclic amines) is 1. The number of carbonyl (C=O) groups is 1. The first-order valence-corrected chi connectivity index (χ1v) is 10.7. The van der Waals surface area contributed by atoms with Crippen LogP contribution >= 0.6 is 12.2 Å². The molecule has 1 aromatic carbocycles. The van der Waals surface area contributed by atoms with E-state index >= 15 is 0 Å². The highest BCUT2D eigenvalue weighted by atomic mass is 32.1. The number of hydrogen-bond donors (Lipinski definition) is 1. The summed E-state index contributed by atoms with van der Waals surface area (Å²) in [5, 5.41) is 7.18. The van der Waals surface area contributed by atoms with Gasteiger partial charge in [0, 0.05) is 50.1 Å². The Balaban J connectivity index is 1.27. The Morgan fingerprint density at radius 3 is 2.68 bits per heavy atom. The Morgan fingerprint density at radius 2 is 2.03 bits per heavy atom. The van der Waals surface area contributed by atoms with Gasteiger partial charge in [-0.2, -0.15) is 5.10 Å². The number of rotatable bonds is 6. The molecule has 4 rings (SSSR count). The molecule has 1 saturated heterocycles. The number of hydrogen-bond acceptors (Lipinski definition) is 5. The van der Waals surface area contributed by atoms with E-state index < -0.39 is 0 Å². The molecule has 7 nitrogen and oxygen atoms in total. The molecule has 0 aliphatic carbocycles. The van der Waals surface area contributed by atoms with Gasteiger partial charge in [-0.3, -0.25) is 14.9 Å². The van der Waals surface area contributed by atoms with E-state index in [4.69, 9.17) is 17.0 Å². The van der Waals surface area contributed by atoms with Gasteiger partial charge in [0.2, 0.25) is 5.91 Å². The third-order valence-electron chi connectivity index (χ3n) is 5.51. The van der Waals surface area contributed by atoms with Gasteiger partial charge in [-0.25, -0.2) is 0 Å². The summed E-state index contributed by atoms with van der Waals surface area (Å²) in [6, 6.07) is 11.6. The molecular weight excluding hydrogens is 410 g/mol. The second-order valence-corrected chi connectivity index (χ2v) is 7.98. The first kappa shape index (κ1) is 21.0. The third kappa shape index (κ3) is 5.27. The van der Waals surface area contributed by atoms with E-state index in [0.29, 0.717) is 30.4 Å². The van der Waals surface area contributed by atoms with E-state index in [1.807, 2.05) is 59.0 Å². The van der Waals surface area contributed by atoms with E-state index in [1.54, 1.807) is 18.5 Å². The topological polar surface area (TPSA) is 76.0 Å². The van der Waals surface area contributed by atoms with Crippen LogP contribution in [0.5, 0.6) is 5.75 Å². The van der Waals surface area contributed by atoms with E-state index in [9.17, 15) is 4.79 Å². The summed E-state index contributed by atoms with van der Waals surface area (Å²) in [5.74, 6) is 2.11. The van der Waals surface area contributed by atoms with Crippen molar-refractivity contribution in [1.29, 1.82) is 0 Å². The van der Waals surface area contributed by atoms with Gasteiger partial charge in [-0.05, 0) is 54.9 Å². The van der Waals surface area contributed by atoms with Crippen LogP contribution in [0.2, 0.25) is 0 Å². The molecule has 2 aromatic heterocycles. The fraction of sp³-hybridized carbons (Fsp3) is 0.304. The molecule has 1 N–H and O–H groups in total. The highest BCUT2D eigenvalue weighted by Crippen LogP contribution is 2.26. The monoisotopic (exact) mass is 435 g/mol. The molecule has 0 spiro atoms. The maximum absolute atomic E-state index is 12.6. The number of nitrogens with one attached hydrogen (secondary N) is 1. The minimum absolute atomic E-state index is 0.0331. The number of benzene rings is 1. The second kappa shape index (κ2) is 9.70. The molecular formula is C23H25N5O2S. The number of carbonyl (C=O) groups excluding carboxylic acids is 1. The summed E-state index contributed by atoms with van der Waals surface area (Å²) in [4.78, 5) is 18.5. The van der Waals surface area contributed by atoms with Gasteiger partial charge in [-0.15, -0.1) is 0 Å². The van der Waals surface area contributed by atoms with Gasteiger partial charge in [0.05, 0.1) is 0 Å². The quantitative estimate of drug-likeness (QED) is 0.470. The standard InChI is InChI=1S/C23H25N5O2S/c1-27-22(25-26-23(27)31)19-10-13-28(14-11-19)21(29)9-6-17-4-7-20(8-5-17)30-16-18-3-2-12-24-15-18/h2-9,12,15,19H,10-11,13-14,16H2,1H3,(H,26,31). The number of ether oxygens (including phenoxy) is 1. The lowest BCUT2D eigenvalue weighted by Crippen LogP contribution is -2.37. The molecule has 1 fully saturated rings. The summed E-state index contributed by atoms with van der Waals surface area (Å²) >= 11 is 5.19.